The van der Waals surface area contributed by atoms with Crippen LogP contribution in [0.5, 0.6) is 11.5 Å². The summed E-state index contributed by atoms with van der Waals surface area (Å²) >= 11 is 7.73. The molecule has 0 aliphatic heterocycles. The van der Waals surface area contributed by atoms with Gasteiger partial charge in [-0.3, -0.25) is 20.4 Å². The molecule has 0 aliphatic rings. The van der Waals surface area contributed by atoms with E-state index in [-0.39, 0.29) is 11.8 Å². The number of halogens is 1. The molecular formula is C25H22ClN3O4S. The van der Waals surface area contributed by atoms with E-state index in [1.165, 1.54) is 11.3 Å². The largest absolute Gasteiger partial charge is 0.493 e. The van der Waals surface area contributed by atoms with Gasteiger partial charge in [0, 0.05) is 27.4 Å². The zero-order valence-corrected chi connectivity index (χ0v) is 20.3. The number of hydrogen-bond donors (Lipinski definition) is 3. The number of nitrogens with one attached hydrogen (secondary N) is 3. The summed E-state index contributed by atoms with van der Waals surface area (Å²) in [6, 6.07) is 17.8. The molecule has 1 aromatic heterocycles. The first-order valence-corrected chi connectivity index (χ1v) is 11.5. The van der Waals surface area contributed by atoms with E-state index >= 15 is 0 Å². The van der Waals surface area contributed by atoms with Crippen molar-refractivity contribution in [1.29, 1.82) is 0 Å². The summed E-state index contributed by atoms with van der Waals surface area (Å²) in [6.45, 7) is 1.97. The zero-order chi connectivity index (χ0) is 24.2. The van der Waals surface area contributed by atoms with Gasteiger partial charge in [0.2, 0.25) is 0 Å². The molecule has 2 amide bonds. The lowest BCUT2D eigenvalue weighted by Crippen LogP contribution is -2.28. The summed E-state index contributed by atoms with van der Waals surface area (Å²) in [7, 11) is 3.09. The molecule has 174 valence electrons. The number of aryl methyl sites for hydroxylation is 1. The Hall–Kier alpha value is -3.75. The fourth-order valence-corrected chi connectivity index (χ4v) is 4.68. The highest BCUT2D eigenvalue weighted by molar-refractivity contribution is 7.21. The van der Waals surface area contributed by atoms with Gasteiger partial charge in [0.05, 0.1) is 24.9 Å². The second-order valence-electron chi connectivity index (χ2n) is 7.43. The van der Waals surface area contributed by atoms with E-state index in [0.717, 1.165) is 10.3 Å². The minimum absolute atomic E-state index is 0.193. The van der Waals surface area contributed by atoms with Crippen LogP contribution >= 0.6 is 22.9 Å². The van der Waals surface area contributed by atoms with Gasteiger partial charge in [-0.05, 0) is 49.4 Å². The Balaban J connectivity index is 1.41. The molecule has 0 saturated heterocycles. The molecule has 0 bridgehead atoms. The molecule has 3 N–H and O–H groups in total. The number of ether oxygens (including phenoxy) is 2. The van der Waals surface area contributed by atoms with E-state index in [1.807, 2.05) is 19.1 Å². The Labute approximate surface area is 205 Å². The smallest absolute Gasteiger partial charge is 0.281 e. The van der Waals surface area contributed by atoms with Crippen LogP contribution in [-0.2, 0) is 0 Å². The number of fused-ring (bicyclic) bond motifs is 1. The van der Waals surface area contributed by atoms with Gasteiger partial charge in [0.15, 0.2) is 11.5 Å². The van der Waals surface area contributed by atoms with Crippen molar-refractivity contribution >= 4 is 56.2 Å². The SMILES string of the molecule is COc1cc2sc(C(=O)NNc3ccc(NC(=O)c4ccc(C)cc4)cc3)c(Cl)c2cc1OC. The topological polar surface area (TPSA) is 88.7 Å². The lowest BCUT2D eigenvalue weighted by atomic mass is 10.1. The third kappa shape index (κ3) is 4.93. The fraction of sp³-hybridized carbons (Fsp3) is 0.120. The maximum atomic E-state index is 12.7. The molecule has 9 heteroatoms. The lowest BCUT2D eigenvalue weighted by molar-refractivity contribution is 0.0965. The van der Waals surface area contributed by atoms with Crippen LogP contribution in [0, 0.1) is 6.92 Å². The van der Waals surface area contributed by atoms with Gasteiger partial charge in [0.25, 0.3) is 11.8 Å². The zero-order valence-electron chi connectivity index (χ0n) is 18.7. The van der Waals surface area contributed by atoms with Gasteiger partial charge in [-0.15, -0.1) is 11.3 Å². The standard InChI is InChI=1S/C25H22ClN3O4S/c1-14-4-6-15(7-5-14)24(30)27-16-8-10-17(11-9-16)28-29-25(31)23-22(26)18-12-19(32-2)20(33-3)13-21(18)34-23/h4-13,28H,1-3H3,(H,27,30)(H,29,31). The average Bonchev–Trinajstić information content (AvgIpc) is 3.18. The first kappa shape index (κ1) is 23.4. The summed E-state index contributed by atoms with van der Waals surface area (Å²) in [5.74, 6) is 0.532. The molecule has 1 heterocycles. The summed E-state index contributed by atoms with van der Waals surface area (Å²) in [5.41, 5.74) is 8.46. The highest BCUT2D eigenvalue weighted by Crippen LogP contribution is 2.41. The highest BCUT2D eigenvalue weighted by atomic mass is 35.5. The number of rotatable bonds is 7. The Morgan fingerprint density at radius 1 is 0.853 bits per heavy atom. The highest BCUT2D eigenvalue weighted by Gasteiger charge is 2.19. The third-order valence-corrected chi connectivity index (χ3v) is 6.77. The average molecular weight is 496 g/mol. The lowest BCUT2D eigenvalue weighted by Gasteiger charge is -2.10. The number of carbonyl (C=O) groups excluding carboxylic acids is 2. The molecule has 34 heavy (non-hydrogen) atoms. The van der Waals surface area contributed by atoms with E-state index in [4.69, 9.17) is 21.1 Å². The predicted molar refractivity (Wildman–Crippen MR) is 137 cm³/mol. The van der Waals surface area contributed by atoms with E-state index in [0.29, 0.717) is 43.7 Å². The predicted octanol–water partition coefficient (Wildman–Crippen LogP) is 5.89. The van der Waals surface area contributed by atoms with Gasteiger partial charge in [0.1, 0.15) is 4.88 Å². The van der Waals surface area contributed by atoms with Gasteiger partial charge < -0.3 is 14.8 Å². The Kier molecular flexibility index (Phi) is 6.90. The van der Waals surface area contributed by atoms with E-state index in [1.54, 1.807) is 62.8 Å². The van der Waals surface area contributed by atoms with Crippen LogP contribution in [0.1, 0.15) is 25.6 Å². The van der Waals surface area contributed by atoms with Crippen LogP contribution < -0.4 is 25.6 Å². The summed E-state index contributed by atoms with van der Waals surface area (Å²) in [4.78, 5) is 25.5. The maximum absolute atomic E-state index is 12.7. The van der Waals surface area contributed by atoms with Crippen LogP contribution in [0.3, 0.4) is 0 Å². The summed E-state index contributed by atoms with van der Waals surface area (Å²) < 4.78 is 11.4. The van der Waals surface area contributed by atoms with Gasteiger partial charge in [-0.2, -0.15) is 0 Å². The molecule has 0 saturated carbocycles. The minimum Gasteiger partial charge on any atom is -0.493 e. The van der Waals surface area contributed by atoms with Crippen LogP contribution in [-0.4, -0.2) is 26.0 Å². The number of benzene rings is 3. The first-order chi connectivity index (χ1) is 16.4. The van der Waals surface area contributed by atoms with Crippen molar-refractivity contribution < 1.29 is 19.1 Å². The van der Waals surface area contributed by atoms with Crippen molar-refractivity contribution in [2.45, 2.75) is 6.92 Å². The number of carbonyl (C=O) groups is 2. The number of thiophene rings is 1. The maximum Gasteiger partial charge on any atom is 0.281 e. The monoisotopic (exact) mass is 495 g/mol. The second-order valence-corrected chi connectivity index (χ2v) is 8.86. The van der Waals surface area contributed by atoms with Crippen molar-refractivity contribution in [3.8, 4) is 11.5 Å². The Bertz CT molecular complexity index is 1350. The Morgan fingerprint density at radius 3 is 2.12 bits per heavy atom. The van der Waals surface area contributed by atoms with Crippen molar-refractivity contribution in [2.24, 2.45) is 0 Å². The van der Waals surface area contributed by atoms with Crippen molar-refractivity contribution in [1.82, 2.24) is 5.43 Å². The molecule has 0 fully saturated rings. The summed E-state index contributed by atoms with van der Waals surface area (Å²) in [6.07, 6.45) is 0. The number of hydrogen-bond acceptors (Lipinski definition) is 6. The fourth-order valence-electron chi connectivity index (χ4n) is 3.27. The quantitative estimate of drug-likeness (QED) is 0.278. The molecule has 0 atom stereocenters. The molecule has 3 aromatic carbocycles. The van der Waals surface area contributed by atoms with Crippen molar-refractivity contribution in [2.75, 3.05) is 25.0 Å². The number of amides is 2. The van der Waals surface area contributed by atoms with Gasteiger partial charge in [-0.1, -0.05) is 29.3 Å². The molecule has 4 rings (SSSR count). The van der Waals surface area contributed by atoms with Gasteiger partial charge >= 0.3 is 0 Å². The van der Waals surface area contributed by atoms with Crippen molar-refractivity contribution in [3.63, 3.8) is 0 Å². The molecule has 7 nitrogen and oxygen atoms in total. The Morgan fingerprint density at radius 2 is 1.47 bits per heavy atom. The van der Waals surface area contributed by atoms with Crippen LogP contribution in [0.25, 0.3) is 10.1 Å². The third-order valence-electron chi connectivity index (χ3n) is 5.12. The number of methoxy groups -OCH3 is 2. The van der Waals surface area contributed by atoms with Crippen LogP contribution in [0.15, 0.2) is 60.7 Å². The van der Waals surface area contributed by atoms with Crippen LogP contribution in [0.2, 0.25) is 5.02 Å². The van der Waals surface area contributed by atoms with E-state index in [2.05, 4.69) is 16.2 Å². The number of hydrazine groups is 1. The molecule has 0 aliphatic carbocycles. The number of anilines is 2. The minimum atomic E-state index is -0.374. The second kappa shape index (κ2) is 10.0. The van der Waals surface area contributed by atoms with Crippen LogP contribution in [0.4, 0.5) is 11.4 Å². The molecule has 0 spiro atoms. The molecular weight excluding hydrogens is 474 g/mol. The van der Waals surface area contributed by atoms with E-state index < -0.39 is 0 Å². The molecule has 4 aromatic rings. The summed E-state index contributed by atoms with van der Waals surface area (Å²) in [5, 5.41) is 3.90. The molecule has 0 unspecified atom stereocenters. The van der Waals surface area contributed by atoms with Gasteiger partial charge in [-0.25, -0.2) is 0 Å². The molecule has 0 radical (unpaired) electrons. The first-order valence-electron chi connectivity index (χ1n) is 10.3. The van der Waals surface area contributed by atoms with E-state index in [9.17, 15) is 9.59 Å². The normalized spacial score (nSPS) is 10.6. The van der Waals surface area contributed by atoms with Crippen molar-refractivity contribution in [3.05, 3.63) is 81.7 Å².